The maximum atomic E-state index is 12.2. The van der Waals surface area contributed by atoms with Crippen molar-refractivity contribution in [3.8, 4) is 11.3 Å². The van der Waals surface area contributed by atoms with Crippen LogP contribution in [0.2, 0.25) is 5.02 Å². The number of hydrogen-bond acceptors (Lipinski definition) is 3. The van der Waals surface area contributed by atoms with Crippen LogP contribution in [0, 0.1) is 0 Å². The molecule has 0 saturated heterocycles. The molecule has 5 heteroatoms. The van der Waals surface area contributed by atoms with Gasteiger partial charge in [0.25, 0.3) is 0 Å². The van der Waals surface area contributed by atoms with E-state index < -0.39 is 0 Å². The number of carbonyl (C=O) groups is 1. The van der Waals surface area contributed by atoms with Gasteiger partial charge in [-0.25, -0.2) is 0 Å². The summed E-state index contributed by atoms with van der Waals surface area (Å²) in [6.07, 6.45) is 6.48. The van der Waals surface area contributed by atoms with Crippen LogP contribution >= 0.6 is 11.6 Å². The molecule has 4 nitrogen and oxygen atoms in total. The summed E-state index contributed by atoms with van der Waals surface area (Å²) < 4.78 is 7.49. The molecule has 0 atom stereocenters. The van der Waals surface area contributed by atoms with E-state index in [9.17, 15) is 4.79 Å². The van der Waals surface area contributed by atoms with Crippen LogP contribution in [-0.2, 0) is 0 Å². The van der Waals surface area contributed by atoms with E-state index in [0.717, 1.165) is 11.3 Å². The molecule has 2 heterocycles. The van der Waals surface area contributed by atoms with Crippen LogP contribution in [0.15, 0.2) is 59.3 Å². The topological polar surface area (TPSA) is 48.0 Å². The third-order valence-corrected chi connectivity index (χ3v) is 3.82. The molecule has 0 aliphatic carbocycles. The van der Waals surface area contributed by atoms with Crippen molar-refractivity contribution in [3.63, 3.8) is 0 Å². The maximum absolute atomic E-state index is 12.2. The predicted molar refractivity (Wildman–Crippen MR) is 95.1 cm³/mol. The van der Waals surface area contributed by atoms with Gasteiger partial charge in [-0.1, -0.05) is 11.6 Å². The number of allylic oxidation sites excluding steroid dienone is 1. The smallest absolute Gasteiger partial charge is 0.189 e. The quantitative estimate of drug-likeness (QED) is 0.469. The maximum Gasteiger partial charge on any atom is 0.189 e. The summed E-state index contributed by atoms with van der Waals surface area (Å²) in [7, 11) is 0. The number of hydrogen-bond donors (Lipinski definition) is 0. The Kier molecular flexibility index (Phi) is 4.67. The van der Waals surface area contributed by atoms with E-state index in [1.54, 1.807) is 23.2 Å². The highest BCUT2D eigenvalue weighted by molar-refractivity contribution is 6.30. The van der Waals surface area contributed by atoms with Crippen LogP contribution in [0.25, 0.3) is 17.4 Å². The number of ketones is 1. The first-order valence-electron chi connectivity index (χ1n) is 7.65. The van der Waals surface area contributed by atoms with E-state index in [1.807, 2.05) is 50.2 Å². The minimum absolute atomic E-state index is 0.105. The molecule has 3 rings (SSSR count). The normalized spacial score (nSPS) is 11.5. The van der Waals surface area contributed by atoms with E-state index in [-0.39, 0.29) is 11.8 Å². The summed E-state index contributed by atoms with van der Waals surface area (Å²) in [6.45, 7) is 4.02. The predicted octanol–water partition coefficient (Wildman–Crippen LogP) is 5.27. The Hall–Kier alpha value is -2.59. The lowest BCUT2D eigenvalue weighted by atomic mass is 10.2. The summed E-state index contributed by atoms with van der Waals surface area (Å²) in [5.74, 6) is 1.24. The van der Waals surface area contributed by atoms with Crippen LogP contribution in [-0.4, -0.2) is 15.6 Å². The van der Waals surface area contributed by atoms with Crippen molar-refractivity contribution < 1.29 is 9.21 Å². The Morgan fingerprint density at radius 3 is 2.62 bits per heavy atom. The zero-order valence-electron chi connectivity index (χ0n) is 13.4. The van der Waals surface area contributed by atoms with Crippen LogP contribution in [0.1, 0.15) is 36.0 Å². The van der Waals surface area contributed by atoms with Gasteiger partial charge in [-0.05, 0) is 62.4 Å². The lowest BCUT2D eigenvalue weighted by Crippen LogP contribution is -2.00. The summed E-state index contributed by atoms with van der Waals surface area (Å²) >= 11 is 5.88. The number of rotatable bonds is 5. The van der Waals surface area contributed by atoms with Gasteiger partial charge in [-0.2, -0.15) is 5.10 Å². The molecule has 24 heavy (non-hydrogen) atoms. The van der Waals surface area contributed by atoms with Crippen LogP contribution in [0.4, 0.5) is 0 Å². The van der Waals surface area contributed by atoms with Crippen molar-refractivity contribution in [2.45, 2.75) is 19.9 Å². The molecule has 0 unspecified atom stereocenters. The van der Waals surface area contributed by atoms with Gasteiger partial charge >= 0.3 is 0 Å². The van der Waals surface area contributed by atoms with Crippen LogP contribution in [0.5, 0.6) is 0 Å². The first-order valence-corrected chi connectivity index (χ1v) is 8.03. The summed E-state index contributed by atoms with van der Waals surface area (Å²) in [5.41, 5.74) is 1.49. The van der Waals surface area contributed by atoms with E-state index >= 15 is 0 Å². The molecule has 0 amide bonds. The fourth-order valence-corrected chi connectivity index (χ4v) is 2.34. The molecule has 0 radical (unpaired) electrons. The molecule has 0 bridgehead atoms. The monoisotopic (exact) mass is 340 g/mol. The van der Waals surface area contributed by atoms with Gasteiger partial charge in [0.05, 0.1) is 11.8 Å². The standard InChI is InChI=1S/C19H17ClN2O2/c1-13(2)22-12-15(11-21-22)18(23)9-7-17-8-10-19(24-17)14-3-5-16(20)6-4-14/h3-13H,1-2H3/b9-7+. The number of furan rings is 1. The molecule has 0 aliphatic heterocycles. The largest absolute Gasteiger partial charge is 0.457 e. The van der Waals surface area contributed by atoms with E-state index in [1.165, 1.54) is 6.08 Å². The number of halogens is 1. The second kappa shape index (κ2) is 6.89. The molecule has 1 aromatic carbocycles. The Labute approximate surface area is 145 Å². The second-order valence-electron chi connectivity index (χ2n) is 5.71. The molecule has 3 aromatic rings. The van der Waals surface area contributed by atoms with Crippen molar-refractivity contribution in [3.05, 3.63) is 71.2 Å². The summed E-state index contributed by atoms with van der Waals surface area (Å²) in [5, 5.41) is 4.85. The molecule has 0 N–H and O–H groups in total. The average molecular weight is 341 g/mol. The zero-order chi connectivity index (χ0) is 17.1. The van der Waals surface area contributed by atoms with Gasteiger partial charge in [0.1, 0.15) is 11.5 Å². The molecule has 0 aliphatic rings. The molecule has 0 saturated carbocycles. The third-order valence-electron chi connectivity index (χ3n) is 3.57. The first kappa shape index (κ1) is 16.3. The number of benzene rings is 1. The van der Waals surface area contributed by atoms with Crippen molar-refractivity contribution in [2.75, 3.05) is 0 Å². The summed E-state index contributed by atoms with van der Waals surface area (Å²) in [4.78, 5) is 12.2. The fourth-order valence-electron chi connectivity index (χ4n) is 2.21. The van der Waals surface area contributed by atoms with Crippen molar-refractivity contribution in [1.82, 2.24) is 9.78 Å². The number of nitrogens with zero attached hydrogens (tertiary/aromatic N) is 2. The van der Waals surface area contributed by atoms with Gasteiger partial charge in [0.15, 0.2) is 5.78 Å². The highest BCUT2D eigenvalue weighted by Gasteiger charge is 2.08. The minimum Gasteiger partial charge on any atom is -0.457 e. The van der Waals surface area contributed by atoms with Crippen molar-refractivity contribution in [2.24, 2.45) is 0 Å². The molecular weight excluding hydrogens is 324 g/mol. The van der Waals surface area contributed by atoms with Crippen molar-refractivity contribution >= 4 is 23.5 Å². The lowest BCUT2D eigenvalue weighted by Gasteiger charge is -2.02. The van der Waals surface area contributed by atoms with Crippen molar-refractivity contribution in [1.29, 1.82) is 0 Å². The number of aromatic nitrogens is 2. The average Bonchev–Trinajstić information content (AvgIpc) is 3.23. The van der Waals surface area contributed by atoms with Crippen LogP contribution < -0.4 is 0 Å². The second-order valence-corrected chi connectivity index (χ2v) is 6.15. The third kappa shape index (κ3) is 3.66. The Balaban J connectivity index is 1.72. The Morgan fingerprint density at radius 1 is 1.21 bits per heavy atom. The molecule has 0 spiro atoms. The minimum atomic E-state index is -0.105. The van der Waals surface area contributed by atoms with Gasteiger partial charge in [-0.15, -0.1) is 0 Å². The molecule has 2 aromatic heterocycles. The molecular formula is C19H17ClN2O2. The van der Waals surface area contributed by atoms with E-state index in [0.29, 0.717) is 16.3 Å². The van der Waals surface area contributed by atoms with Gasteiger partial charge < -0.3 is 4.42 Å². The fraction of sp³-hybridized carbons (Fsp3) is 0.158. The Morgan fingerprint density at radius 2 is 1.96 bits per heavy atom. The first-order chi connectivity index (χ1) is 11.5. The lowest BCUT2D eigenvalue weighted by molar-refractivity contribution is 0.104. The highest BCUT2D eigenvalue weighted by Crippen LogP contribution is 2.24. The van der Waals surface area contributed by atoms with Gasteiger partial charge in [0.2, 0.25) is 0 Å². The highest BCUT2D eigenvalue weighted by atomic mass is 35.5. The van der Waals surface area contributed by atoms with Crippen LogP contribution in [0.3, 0.4) is 0 Å². The van der Waals surface area contributed by atoms with E-state index in [2.05, 4.69) is 5.10 Å². The van der Waals surface area contributed by atoms with Gasteiger partial charge in [0, 0.05) is 22.8 Å². The van der Waals surface area contributed by atoms with E-state index in [4.69, 9.17) is 16.0 Å². The molecule has 122 valence electrons. The SMILES string of the molecule is CC(C)n1cc(C(=O)/C=C/c2ccc(-c3ccc(Cl)cc3)o2)cn1. The van der Waals surface area contributed by atoms with Gasteiger partial charge in [-0.3, -0.25) is 9.48 Å². The number of carbonyl (C=O) groups excluding carboxylic acids is 1. The Bertz CT molecular complexity index is 873. The zero-order valence-corrected chi connectivity index (χ0v) is 14.2. The molecule has 0 fully saturated rings. The summed E-state index contributed by atoms with van der Waals surface area (Å²) in [6, 6.07) is 11.3.